The quantitative estimate of drug-likeness (QED) is 0.843. The maximum atomic E-state index is 12.1. The van der Waals surface area contributed by atoms with Gasteiger partial charge in [-0.05, 0) is 39.2 Å². The van der Waals surface area contributed by atoms with Gasteiger partial charge in [0, 0.05) is 5.25 Å². The van der Waals surface area contributed by atoms with Crippen molar-refractivity contribution in [2.45, 2.75) is 55.5 Å². The summed E-state index contributed by atoms with van der Waals surface area (Å²) in [5, 5.41) is 4.34. The molecule has 20 heavy (non-hydrogen) atoms. The zero-order valence-electron chi connectivity index (χ0n) is 12.3. The third-order valence-electron chi connectivity index (χ3n) is 3.66. The summed E-state index contributed by atoms with van der Waals surface area (Å²) in [7, 11) is 1.45. The van der Waals surface area contributed by atoms with Gasteiger partial charge in [-0.1, -0.05) is 18.7 Å². The minimum absolute atomic E-state index is 0.159. The van der Waals surface area contributed by atoms with Crippen LogP contribution in [0.1, 0.15) is 38.3 Å². The van der Waals surface area contributed by atoms with Gasteiger partial charge in [0.15, 0.2) is 0 Å². The van der Waals surface area contributed by atoms with Gasteiger partial charge in [0.25, 0.3) is 5.22 Å². The molecule has 2 rings (SSSR count). The van der Waals surface area contributed by atoms with Crippen LogP contribution in [0.2, 0.25) is 0 Å². The molecule has 0 spiro atoms. The number of methoxy groups -OCH3 is 1. The van der Waals surface area contributed by atoms with Crippen LogP contribution in [0.5, 0.6) is 0 Å². The van der Waals surface area contributed by atoms with Crippen molar-refractivity contribution < 1.29 is 13.9 Å². The van der Waals surface area contributed by atoms with Crippen LogP contribution in [0.4, 0.5) is 0 Å². The van der Waals surface area contributed by atoms with Crippen molar-refractivity contribution >= 4 is 17.7 Å². The predicted molar refractivity (Wildman–Crippen MR) is 77.8 cm³/mol. The molecule has 5 nitrogen and oxygen atoms in total. The van der Waals surface area contributed by atoms with Gasteiger partial charge in [0.1, 0.15) is 11.8 Å². The number of rotatable bonds is 5. The van der Waals surface area contributed by atoms with E-state index in [1.165, 1.54) is 7.11 Å². The summed E-state index contributed by atoms with van der Waals surface area (Å²) < 4.78 is 10.4. The molecule has 2 unspecified atom stereocenters. The lowest BCUT2D eigenvalue weighted by molar-refractivity contribution is -0.150. The highest BCUT2D eigenvalue weighted by atomic mass is 32.2. The van der Waals surface area contributed by atoms with Crippen LogP contribution in [0.15, 0.2) is 15.9 Å². The maximum absolute atomic E-state index is 12.1. The summed E-state index contributed by atoms with van der Waals surface area (Å²) in [6.07, 6.45) is 5.30. The van der Waals surface area contributed by atoms with Crippen molar-refractivity contribution in [3.63, 3.8) is 0 Å². The van der Waals surface area contributed by atoms with Crippen molar-refractivity contribution in [3.05, 3.63) is 12.0 Å². The summed E-state index contributed by atoms with van der Waals surface area (Å²) in [5.41, 5.74) is 0.329. The van der Waals surface area contributed by atoms with Crippen molar-refractivity contribution in [2.24, 2.45) is 0 Å². The molecule has 0 saturated heterocycles. The van der Waals surface area contributed by atoms with Crippen LogP contribution < -0.4 is 5.32 Å². The number of carbonyl (C=O) groups excluding carboxylic acids is 1. The van der Waals surface area contributed by atoms with E-state index in [1.807, 2.05) is 13.8 Å². The Morgan fingerprint density at radius 1 is 1.70 bits per heavy atom. The summed E-state index contributed by atoms with van der Waals surface area (Å²) in [6.45, 7) is 4.68. The highest BCUT2D eigenvalue weighted by molar-refractivity contribution is 7.99. The van der Waals surface area contributed by atoms with E-state index < -0.39 is 5.54 Å². The van der Waals surface area contributed by atoms with Crippen molar-refractivity contribution in [3.8, 4) is 0 Å². The first-order chi connectivity index (χ1) is 9.59. The average molecular weight is 298 g/mol. The van der Waals surface area contributed by atoms with E-state index in [0.717, 1.165) is 37.9 Å². The van der Waals surface area contributed by atoms with Gasteiger partial charge >= 0.3 is 5.97 Å². The van der Waals surface area contributed by atoms with Crippen molar-refractivity contribution in [1.29, 1.82) is 0 Å². The zero-order chi connectivity index (χ0) is 14.6. The molecule has 2 atom stereocenters. The van der Waals surface area contributed by atoms with Crippen molar-refractivity contribution in [1.82, 2.24) is 10.3 Å². The third kappa shape index (κ3) is 3.35. The summed E-state index contributed by atoms with van der Waals surface area (Å²) in [4.78, 5) is 16.5. The minimum atomic E-state index is -0.555. The first kappa shape index (κ1) is 15.4. The molecule has 1 aliphatic carbocycles. The number of aryl methyl sites for hydroxylation is 1. The molecule has 0 aliphatic heterocycles. The molecule has 1 aromatic heterocycles. The summed E-state index contributed by atoms with van der Waals surface area (Å²) >= 11 is 1.62. The lowest BCUT2D eigenvalue weighted by Gasteiger charge is -2.38. The molecule has 1 aromatic rings. The molecule has 112 valence electrons. The molecular formula is C14H22N2O3S. The highest BCUT2D eigenvalue weighted by Gasteiger charge is 2.43. The Hall–Kier alpha value is -1.01. The molecule has 0 aromatic carbocycles. The Morgan fingerprint density at radius 3 is 3.10 bits per heavy atom. The van der Waals surface area contributed by atoms with Gasteiger partial charge in [-0.2, -0.15) is 0 Å². The minimum Gasteiger partial charge on any atom is -0.468 e. The van der Waals surface area contributed by atoms with Gasteiger partial charge in [0.2, 0.25) is 0 Å². The molecule has 1 N–H and O–H groups in total. The van der Waals surface area contributed by atoms with E-state index in [1.54, 1.807) is 18.0 Å². The zero-order valence-corrected chi connectivity index (χ0v) is 13.1. The fourth-order valence-electron chi connectivity index (χ4n) is 2.81. The molecule has 1 fully saturated rings. The van der Waals surface area contributed by atoms with Crippen LogP contribution in [-0.2, 0) is 9.53 Å². The van der Waals surface area contributed by atoms with Crippen molar-refractivity contribution in [2.75, 3.05) is 13.7 Å². The predicted octanol–water partition coefficient (Wildman–Crippen LogP) is 2.54. The number of carbonyl (C=O) groups is 1. The molecule has 0 amide bonds. The number of oxazole rings is 1. The standard InChI is InChI=1S/C14H22N2O3S/c1-4-15-14(12(17)18-3)7-5-6-11(8-14)20-13-16-10(2)9-19-13/h9,11,15H,4-8H2,1-3H3. The lowest BCUT2D eigenvalue weighted by Crippen LogP contribution is -2.55. The normalized spacial score (nSPS) is 26.4. The van der Waals surface area contributed by atoms with E-state index in [4.69, 9.17) is 9.15 Å². The largest absolute Gasteiger partial charge is 0.468 e. The number of thioether (sulfide) groups is 1. The monoisotopic (exact) mass is 298 g/mol. The second-order valence-corrected chi connectivity index (χ2v) is 6.45. The Morgan fingerprint density at radius 2 is 2.50 bits per heavy atom. The number of ether oxygens (including phenoxy) is 1. The van der Waals surface area contributed by atoms with E-state index in [0.29, 0.717) is 10.5 Å². The molecule has 0 radical (unpaired) electrons. The van der Waals surface area contributed by atoms with E-state index in [2.05, 4.69) is 10.3 Å². The fourth-order valence-corrected chi connectivity index (χ4v) is 4.04. The van der Waals surface area contributed by atoms with Gasteiger partial charge in [0.05, 0.1) is 12.8 Å². The molecule has 6 heteroatoms. The first-order valence-corrected chi connectivity index (χ1v) is 7.90. The molecule has 1 aliphatic rings. The topological polar surface area (TPSA) is 64.4 Å². The lowest BCUT2D eigenvalue weighted by atomic mass is 9.81. The van der Waals surface area contributed by atoms with Crippen LogP contribution in [-0.4, -0.2) is 35.4 Å². The van der Waals surface area contributed by atoms with Gasteiger partial charge < -0.3 is 14.5 Å². The van der Waals surface area contributed by atoms with Gasteiger partial charge in [-0.3, -0.25) is 4.79 Å². The second-order valence-electron chi connectivity index (χ2n) is 5.20. The molecule has 1 heterocycles. The number of esters is 1. The second kappa shape index (κ2) is 6.63. The van der Waals surface area contributed by atoms with Crippen LogP contribution in [0.25, 0.3) is 0 Å². The third-order valence-corrected chi connectivity index (χ3v) is 4.79. The van der Waals surface area contributed by atoms with E-state index >= 15 is 0 Å². The Balaban J connectivity index is 2.07. The summed E-state index contributed by atoms with van der Waals surface area (Å²) in [5.74, 6) is -0.159. The number of hydrogen-bond acceptors (Lipinski definition) is 6. The SMILES string of the molecule is CCNC1(C(=O)OC)CCCC(Sc2nc(C)co2)C1. The smallest absolute Gasteiger partial charge is 0.326 e. The van der Waals surface area contributed by atoms with Gasteiger partial charge in [-0.15, -0.1) is 0 Å². The van der Waals surface area contributed by atoms with Crippen LogP contribution >= 0.6 is 11.8 Å². The van der Waals surface area contributed by atoms with E-state index in [9.17, 15) is 4.79 Å². The maximum Gasteiger partial charge on any atom is 0.326 e. The number of hydrogen-bond donors (Lipinski definition) is 1. The van der Waals surface area contributed by atoms with Crippen LogP contribution in [0, 0.1) is 6.92 Å². The average Bonchev–Trinajstić information content (AvgIpc) is 2.84. The van der Waals surface area contributed by atoms with Gasteiger partial charge in [-0.25, -0.2) is 4.98 Å². The van der Waals surface area contributed by atoms with E-state index in [-0.39, 0.29) is 5.97 Å². The number of aromatic nitrogens is 1. The molecule has 1 saturated carbocycles. The number of nitrogens with one attached hydrogen (secondary N) is 1. The molecule has 0 bridgehead atoms. The summed E-state index contributed by atoms with van der Waals surface area (Å²) in [6, 6.07) is 0. The van der Waals surface area contributed by atoms with Crippen LogP contribution in [0.3, 0.4) is 0 Å². The first-order valence-electron chi connectivity index (χ1n) is 7.02. The Bertz CT molecular complexity index is 459. The highest BCUT2D eigenvalue weighted by Crippen LogP contribution is 2.38. The Labute approximate surface area is 123 Å². The fraction of sp³-hybridized carbons (Fsp3) is 0.714. The number of nitrogens with zero attached hydrogens (tertiary/aromatic N) is 1. The number of likely N-dealkylation sites (N-methyl/N-ethyl adjacent to an activating group) is 1. The molecular weight excluding hydrogens is 276 g/mol. The Kier molecular flexibility index (Phi) is 5.10.